The molecule has 3 aromatic carbocycles. The van der Waals surface area contributed by atoms with Crippen molar-refractivity contribution in [2.24, 2.45) is 0 Å². The molecular weight excluding hydrogens is 462 g/mol. The van der Waals surface area contributed by atoms with E-state index in [1.807, 2.05) is 35.2 Å². The van der Waals surface area contributed by atoms with Crippen LogP contribution in [0.5, 0.6) is 0 Å². The van der Waals surface area contributed by atoms with Crippen LogP contribution >= 0.6 is 0 Å². The van der Waals surface area contributed by atoms with Gasteiger partial charge in [0, 0.05) is 13.1 Å². The standard InChI is InChI=1S/C27H29N3O4S/c1-35(33,34)30(20-21-12-4-2-5-13-21)25-17-9-7-15-23(25)26(31)28-24-16-8-6-14-22(24)27(32)29-18-10-3-11-19-29/h2,4-9,12-17H,3,10-11,18-20H2,1H3,(H,28,31). The van der Waals surface area contributed by atoms with E-state index >= 15 is 0 Å². The zero-order chi connectivity index (χ0) is 24.8. The molecular formula is C27H29N3O4S. The Balaban J connectivity index is 1.64. The van der Waals surface area contributed by atoms with Crippen LogP contribution in [0.4, 0.5) is 11.4 Å². The Bertz CT molecular complexity index is 1300. The molecule has 7 nitrogen and oxygen atoms in total. The summed E-state index contributed by atoms with van der Waals surface area (Å²) in [6.07, 6.45) is 4.17. The van der Waals surface area contributed by atoms with Gasteiger partial charge in [-0.2, -0.15) is 0 Å². The number of likely N-dealkylation sites (tertiary alicyclic amines) is 1. The highest BCUT2D eigenvalue weighted by atomic mass is 32.2. The second-order valence-electron chi connectivity index (χ2n) is 8.62. The number of hydrogen-bond donors (Lipinski definition) is 1. The van der Waals surface area contributed by atoms with Gasteiger partial charge in [0.25, 0.3) is 11.8 Å². The molecule has 1 N–H and O–H groups in total. The van der Waals surface area contributed by atoms with Gasteiger partial charge in [0.05, 0.1) is 35.3 Å². The molecule has 182 valence electrons. The van der Waals surface area contributed by atoms with E-state index in [0.717, 1.165) is 31.1 Å². The fraction of sp³-hybridized carbons (Fsp3) is 0.259. The number of carbonyl (C=O) groups excluding carboxylic acids is 2. The number of amides is 2. The van der Waals surface area contributed by atoms with Crippen LogP contribution in [0.1, 0.15) is 45.5 Å². The Morgan fingerprint density at radius 3 is 2.11 bits per heavy atom. The predicted octanol–water partition coefficient (Wildman–Crippen LogP) is 4.53. The maximum Gasteiger partial charge on any atom is 0.257 e. The molecule has 1 saturated heterocycles. The number of sulfonamides is 1. The van der Waals surface area contributed by atoms with E-state index in [-0.39, 0.29) is 23.7 Å². The maximum absolute atomic E-state index is 13.4. The van der Waals surface area contributed by atoms with E-state index in [1.54, 1.807) is 48.5 Å². The summed E-state index contributed by atoms with van der Waals surface area (Å²) in [5.74, 6) is -0.600. The molecule has 2 amide bonds. The van der Waals surface area contributed by atoms with Crippen molar-refractivity contribution in [3.63, 3.8) is 0 Å². The number of nitrogens with one attached hydrogen (secondary N) is 1. The Morgan fingerprint density at radius 1 is 0.829 bits per heavy atom. The SMILES string of the molecule is CS(=O)(=O)N(Cc1ccccc1)c1ccccc1C(=O)Nc1ccccc1C(=O)N1CCCCC1. The molecule has 8 heteroatoms. The lowest BCUT2D eigenvalue weighted by atomic mass is 10.1. The first-order valence-electron chi connectivity index (χ1n) is 11.6. The van der Waals surface area contributed by atoms with Crippen molar-refractivity contribution in [2.45, 2.75) is 25.8 Å². The van der Waals surface area contributed by atoms with Crippen molar-refractivity contribution in [1.82, 2.24) is 4.90 Å². The molecule has 0 bridgehead atoms. The van der Waals surface area contributed by atoms with Gasteiger partial charge in [0.1, 0.15) is 0 Å². The molecule has 0 aliphatic carbocycles. The Hall–Kier alpha value is -3.65. The molecule has 1 fully saturated rings. The molecule has 1 heterocycles. The summed E-state index contributed by atoms with van der Waals surface area (Å²) >= 11 is 0. The van der Waals surface area contributed by atoms with Gasteiger partial charge in [0.15, 0.2) is 0 Å². The highest BCUT2D eigenvalue weighted by molar-refractivity contribution is 7.92. The second-order valence-corrected chi connectivity index (χ2v) is 10.5. The van der Waals surface area contributed by atoms with Crippen LogP contribution in [0.15, 0.2) is 78.9 Å². The number of nitrogens with zero attached hydrogens (tertiary/aromatic N) is 2. The topological polar surface area (TPSA) is 86.8 Å². The number of rotatable bonds is 7. The highest BCUT2D eigenvalue weighted by Gasteiger charge is 2.25. The Kier molecular flexibility index (Phi) is 7.51. The highest BCUT2D eigenvalue weighted by Crippen LogP contribution is 2.27. The maximum atomic E-state index is 13.4. The van der Waals surface area contributed by atoms with Gasteiger partial charge in [-0.1, -0.05) is 54.6 Å². The van der Waals surface area contributed by atoms with Gasteiger partial charge >= 0.3 is 0 Å². The molecule has 1 aliphatic rings. The van der Waals surface area contributed by atoms with Crippen LogP contribution in [0.25, 0.3) is 0 Å². The van der Waals surface area contributed by atoms with E-state index in [2.05, 4.69) is 5.32 Å². The molecule has 0 saturated carbocycles. The van der Waals surface area contributed by atoms with Crippen LogP contribution in [0, 0.1) is 0 Å². The number of anilines is 2. The van der Waals surface area contributed by atoms with Gasteiger partial charge < -0.3 is 10.2 Å². The van der Waals surface area contributed by atoms with E-state index in [4.69, 9.17) is 0 Å². The van der Waals surface area contributed by atoms with Crippen LogP contribution in [-0.2, 0) is 16.6 Å². The number of carbonyl (C=O) groups is 2. The van der Waals surface area contributed by atoms with Crippen molar-refractivity contribution in [1.29, 1.82) is 0 Å². The van der Waals surface area contributed by atoms with Crippen molar-refractivity contribution < 1.29 is 18.0 Å². The zero-order valence-corrected chi connectivity index (χ0v) is 20.5. The first-order valence-corrected chi connectivity index (χ1v) is 13.5. The lowest BCUT2D eigenvalue weighted by Gasteiger charge is -2.27. The quantitative estimate of drug-likeness (QED) is 0.526. The van der Waals surface area contributed by atoms with Gasteiger partial charge in [-0.05, 0) is 49.1 Å². The lowest BCUT2D eigenvalue weighted by Crippen LogP contribution is -2.36. The number of para-hydroxylation sites is 2. The number of hydrogen-bond acceptors (Lipinski definition) is 4. The molecule has 0 unspecified atom stereocenters. The minimum absolute atomic E-state index is 0.0913. The van der Waals surface area contributed by atoms with E-state index < -0.39 is 15.9 Å². The molecule has 4 rings (SSSR count). The molecule has 0 spiro atoms. The van der Waals surface area contributed by atoms with Crippen LogP contribution in [0.3, 0.4) is 0 Å². The molecule has 3 aromatic rings. The molecule has 0 atom stereocenters. The van der Waals surface area contributed by atoms with Gasteiger partial charge in [-0.3, -0.25) is 13.9 Å². The third-order valence-electron chi connectivity index (χ3n) is 6.04. The fourth-order valence-electron chi connectivity index (χ4n) is 4.25. The van der Waals surface area contributed by atoms with Gasteiger partial charge in [0.2, 0.25) is 10.0 Å². The Morgan fingerprint density at radius 2 is 1.43 bits per heavy atom. The predicted molar refractivity (Wildman–Crippen MR) is 138 cm³/mol. The van der Waals surface area contributed by atoms with Gasteiger partial charge in [-0.15, -0.1) is 0 Å². The third-order valence-corrected chi connectivity index (χ3v) is 7.16. The average Bonchev–Trinajstić information content (AvgIpc) is 2.87. The van der Waals surface area contributed by atoms with Gasteiger partial charge in [-0.25, -0.2) is 8.42 Å². The van der Waals surface area contributed by atoms with Crippen LogP contribution in [-0.4, -0.2) is 44.5 Å². The van der Waals surface area contributed by atoms with Crippen molar-refractivity contribution in [2.75, 3.05) is 29.0 Å². The lowest BCUT2D eigenvalue weighted by molar-refractivity contribution is 0.0725. The van der Waals surface area contributed by atoms with E-state index in [0.29, 0.717) is 24.3 Å². The van der Waals surface area contributed by atoms with Crippen molar-refractivity contribution in [3.05, 3.63) is 95.6 Å². The smallest absolute Gasteiger partial charge is 0.257 e. The molecule has 1 aliphatic heterocycles. The van der Waals surface area contributed by atoms with E-state index in [9.17, 15) is 18.0 Å². The second kappa shape index (κ2) is 10.7. The third kappa shape index (κ3) is 5.89. The molecule has 0 radical (unpaired) electrons. The number of benzene rings is 3. The summed E-state index contributed by atoms with van der Waals surface area (Å²) in [6, 6.07) is 22.7. The first kappa shape index (κ1) is 24.5. The minimum Gasteiger partial charge on any atom is -0.339 e. The van der Waals surface area contributed by atoms with Crippen molar-refractivity contribution >= 4 is 33.2 Å². The van der Waals surface area contributed by atoms with Crippen molar-refractivity contribution in [3.8, 4) is 0 Å². The zero-order valence-electron chi connectivity index (χ0n) is 19.7. The minimum atomic E-state index is -3.69. The van der Waals surface area contributed by atoms with Crippen LogP contribution in [0.2, 0.25) is 0 Å². The summed E-state index contributed by atoms with van der Waals surface area (Å²) in [5.41, 5.74) is 2.09. The summed E-state index contributed by atoms with van der Waals surface area (Å²) in [5, 5.41) is 2.85. The summed E-state index contributed by atoms with van der Waals surface area (Å²) in [6.45, 7) is 1.49. The van der Waals surface area contributed by atoms with Crippen LogP contribution < -0.4 is 9.62 Å². The fourth-order valence-corrected chi connectivity index (χ4v) is 5.15. The number of piperidine rings is 1. The first-order chi connectivity index (χ1) is 16.8. The normalized spacial score (nSPS) is 13.8. The molecule has 35 heavy (non-hydrogen) atoms. The monoisotopic (exact) mass is 491 g/mol. The summed E-state index contributed by atoms with van der Waals surface area (Å²) in [4.78, 5) is 28.4. The molecule has 0 aromatic heterocycles. The Labute approximate surface area is 206 Å². The summed E-state index contributed by atoms with van der Waals surface area (Å²) in [7, 11) is -3.69. The summed E-state index contributed by atoms with van der Waals surface area (Å²) < 4.78 is 26.7. The largest absolute Gasteiger partial charge is 0.339 e. The average molecular weight is 492 g/mol. The van der Waals surface area contributed by atoms with E-state index in [1.165, 1.54) is 4.31 Å².